The molecule has 0 aliphatic carbocycles. The number of hydrogen-bond acceptors (Lipinski definition) is 6. The van der Waals surface area contributed by atoms with Crippen molar-refractivity contribution in [3.05, 3.63) is 106 Å². The highest BCUT2D eigenvalue weighted by atomic mass is 35.5. The first-order chi connectivity index (χ1) is 18.0. The fourth-order valence-corrected chi connectivity index (χ4v) is 4.69. The molecule has 0 saturated carbocycles. The number of hydrogen-bond donors (Lipinski definition) is 2. The summed E-state index contributed by atoms with van der Waals surface area (Å²) in [5.41, 5.74) is 5.04. The zero-order valence-corrected chi connectivity index (χ0v) is 21.0. The molecule has 0 fully saturated rings. The fourth-order valence-electron chi connectivity index (χ4n) is 4.39. The number of rotatable bonds is 9. The van der Waals surface area contributed by atoms with Crippen LogP contribution < -0.4 is 4.73 Å². The number of imidazole rings is 1. The second kappa shape index (κ2) is 10.9. The van der Waals surface area contributed by atoms with Crippen LogP contribution in [0.4, 0.5) is 0 Å². The third kappa shape index (κ3) is 5.23. The Bertz CT molecular complexity index is 1470. The van der Waals surface area contributed by atoms with E-state index < -0.39 is 6.10 Å². The van der Waals surface area contributed by atoms with Crippen LogP contribution in [-0.4, -0.2) is 35.3 Å². The molecule has 0 aliphatic heterocycles. The Morgan fingerprint density at radius 2 is 1.78 bits per heavy atom. The molecule has 1 unspecified atom stereocenters. The predicted molar refractivity (Wildman–Crippen MR) is 139 cm³/mol. The molecule has 5 aromatic rings. The summed E-state index contributed by atoms with van der Waals surface area (Å²) in [6, 6.07) is 19.3. The third-order valence-corrected chi connectivity index (χ3v) is 6.59. The summed E-state index contributed by atoms with van der Waals surface area (Å²) in [4.78, 5) is 4.59. The molecule has 2 aromatic carbocycles. The van der Waals surface area contributed by atoms with E-state index in [1.165, 1.54) is 12.4 Å². The van der Waals surface area contributed by atoms with E-state index in [4.69, 9.17) is 11.6 Å². The number of aromatic amines is 1. The van der Waals surface area contributed by atoms with E-state index >= 15 is 0 Å². The number of pyridine rings is 1. The van der Waals surface area contributed by atoms with Gasteiger partial charge in [0, 0.05) is 30.7 Å². The molecule has 9 nitrogen and oxygen atoms in total. The highest BCUT2D eigenvalue weighted by molar-refractivity contribution is 6.30. The lowest BCUT2D eigenvalue weighted by atomic mass is 9.98. The number of aliphatic hydroxyl groups is 1. The topological polar surface area (TPSA) is 119 Å². The van der Waals surface area contributed by atoms with Crippen LogP contribution in [0.3, 0.4) is 0 Å². The third-order valence-electron chi connectivity index (χ3n) is 6.32. The molecule has 3 heterocycles. The summed E-state index contributed by atoms with van der Waals surface area (Å²) >= 11 is 6.56. The Balaban J connectivity index is 1.48. The molecule has 0 amide bonds. The quantitative estimate of drug-likeness (QED) is 0.220. The van der Waals surface area contributed by atoms with Gasteiger partial charge in [0.15, 0.2) is 17.5 Å². The summed E-state index contributed by atoms with van der Waals surface area (Å²) in [7, 11) is 0. The number of nitrogens with one attached hydrogen (secondary N) is 1. The highest BCUT2D eigenvalue weighted by Gasteiger charge is 2.24. The van der Waals surface area contributed by atoms with E-state index in [1.54, 1.807) is 12.1 Å². The van der Waals surface area contributed by atoms with Crippen LogP contribution in [0.5, 0.6) is 0 Å². The molecular weight excluding hydrogens is 490 g/mol. The summed E-state index contributed by atoms with van der Waals surface area (Å²) in [6.07, 6.45) is 4.41. The van der Waals surface area contributed by atoms with E-state index in [1.807, 2.05) is 28.8 Å². The van der Waals surface area contributed by atoms with Crippen molar-refractivity contribution in [2.75, 3.05) is 0 Å². The van der Waals surface area contributed by atoms with Gasteiger partial charge in [0.05, 0.1) is 5.69 Å². The molecule has 5 rings (SSSR count). The molecule has 0 radical (unpaired) electrons. The van der Waals surface area contributed by atoms with Gasteiger partial charge < -0.3 is 14.9 Å². The van der Waals surface area contributed by atoms with Gasteiger partial charge in [0.1, 0.15) is 11.9 Å². The van der Waals surface area contributed by atoms with Crippen LogP contribution in [0.15, 0.2) is 73.1 Å². The average molecular weight is 516 g/mol. The molecule has 2 N–H and O–H groups in total. The predicted octanol–water partition coefficient (Wildman–Crippen LogP) is 4.49. The average Bonchev–Trinajstić information content (AvgIpc) is 3.56. The molecular formula is C27H26ClN7O2. The number of halogens is 1. The van der Waals surface area contributed by atoms with E-state index in [0.717, 1.165) is 47.3 Å². The molecule has 37 heavy (non-hydrogen) atoms. The van der Waals surface area contributed by atoms with Crippen LogP contribution in [0.2, 0.25) is 5.15 Å². The van der Waals surface area contributed by atoms with E-state index in [2.05, 4.69) is 56.8 Å². The van der Waals surface area contributed by atoms with Crippen LogP contribution in [0.25, 0.3) is 22.5 Å². The SMILES string of the molecule is CCCCc1nc(Cl)c(C(O)c2cc[n+]([O-])cc2)n1Cc1ccc(-c2ccccc2-c2nn[nH]n2)cc1. The second-order valence-electron chi connectivity index (χ2n) is 8.77. The maximum absolute atomic E-state index is 11.5. The van der Waals surface area contributed by atoms with E-state index in [9.17, 15) is 10.3 Å². The lowest BCUT2D eigenvalue weighted by Crippen LogP contribution is -2.24. The van der Waals surface area contributed by atoms with Crippen LogP contribution in [0, 0.1) is 5.21 Å². The first-order valence-corrected chi connectivity index (χ1v) is 12.5. The van der Waals surface area contributed by atoms with Crippen LogP contribution in [-0.2, 0) is 13.0 Å². The number of benzene rings is 2. The van der Waals surface area contributed by atoms with E-state index in [-0.39, 0.29) is 5.15 Å². The largest absolute Gasteiger partial charge is 0.619 e. The number of aromatic nitrogens is 7. The standard InChI is InChI=1S/C27H26ClN7O2/c1-2-3-8-23-29-26(28)24(25(36)20-13-15-34(37)16-14-20)35(23)17-18-9-11-19(12-10-18)21-6-4-5-7-22(21)27-30-32-33-31-27/h4-7,9-16,25,36H,2-3,8,17H2,1H3,(H,30,31,32,33). The van der Waals surface area contributed by atoms with Crippen molar-refractivity contribution >= 4 is 11.6 Å². The molecule has 0 spiro atoms. The van der Waals surface area contributed by atoms with Crippen molar-refractivity contribution in [2.45, 2.75) is 38.8 Å². The Kier molecular flexibility index (Phi) is 7.25. The Hall–Kier alpha value is -4.08. The van der Waals surface area contributed by atoms with Crippen LogP contribution >= 0.6 is 11.6 Å². The normalized spacial score (nSPS) is 12.1. The Morgan fingerprint density at radius 1 is 1.05 bits per heavy atom. The first-order valence-electron chi connectivity index (χ1n) is 12.1. The molecule has 188 valence electrons. The minimum Gasteiger partial charge on any atom is -0.619 e. The zero-order valence-electron chi connectivity index (χ0n) is 20.3. The van der Waals surface area contributed by atoms with Crippen molar-refractivity contribution in [1.82, 2.24) is 30.2 Å². The maximum atomic E-state index is 11.5. The minimum absolute atomic E-state index is 0.267. The van der Waals surface area contributed by atoms with Gasteiger partial charge in [-0.3, -0.25) is 0 Å². The summed E-state index contributed by atoms with van der Waals surface area (Å²) in [5, 5.41) is 37.4. The van der Waals surface area contributed by atoms with Crippen molar-refractivity contribution in [3.8, 4) is 22.5 Å². The molecule has 0 aliphatic rings. The molecule has 0 saturated heterocycles. The number of H-pyrrole nitrogens is 1. The summed E-state index contributed by atoms with van der Waals surface area (Å²) < 4.78 is 2.67. The van der Waals surface area contributed by atoms with E-state index in [0.29, 0.717) is 28.4 Å². The zero-order chi connectivity index (χ0) is 25.8. The second-order valence-corrected chi connectivity index (χ2v) is 9.12. The molecule has 10 heteroatoms. The minimum atomic E-state index is -1.02. The number of aryl methyl sites for hydroxylation is 1. The molecule has 3 aromatic heterocycles. The number of unbranched alkanes of at least 4 members (excludes halogenated alkanes) is 1. The maximum Gasteiger partial charge on any atom is 0.205 e. The monoisotopic (exact) mass is 515 g/mol. The lowest BCUT2D eigenvalue weighted by molar-refractivity contribution is -0.605. The summed E-state index contributed by atoms with van der Waals surface area (Å²) in [6.45, 7) is 2.62. The molecule has 1 atom stereocenters. The Labute approximate surface area is 219 Å². The van der Waals surface area contributed by atoms with Gasteiger partial charge in [0.2, 0.25) is 5.82 Å². The number of aliphatic hydroxyl groups excluding tert-OH is 1. The van der Waals surface area contributed by atoms with Gasteiger partial charge in [-0.1, -0.05) is 73.5 Å². The van der Waals surface area contributed by atoms with Gasteiger partial charge in [-0.2, -0.15) is 9.94 Å². The number of tetrazole rings is 1. The van der Waals surface area contributed by atoms with Crippen molar-refractivity contribution in [2.24, 2.45) is 0 Å². The smallest absolute Gasteiger partial charge is 0.205 e. The van der Waals surface area contributed by atoms with Gasteiger partial charge in [-0.15, -0.1) is 10.2 Å². The van der Waals surface area contributed by atoms with Crippen molar-refractivity contribution in [1.29, 1.82) is 0 Å². The van der Waals surface area contributed by atoms with Crippen molar-refractivity contribution in [3.63, 3.8) is 0 Å². The Morgan fingerprint density at radius 3 is 2.46 bits per heavy atom. The number of nitrogens with zero attached hydrogens (tertiary/aromatic N) is 6. The lowest BCUT2D eigenvalue weighted by Gasteiger charge is -2.17. The van der Waals surface area contributed by atoms with Gasteiger partial charge in [-0.25, -0.2) is 4.98 Å². The first kappa shape index (κ1) is 24.6. The fraction of sp³-hybridized carbons (Fsp3) is 0.222. The van der Waals surface area contributed by atoms with Gasteiger partial charge >= 0.3 is 0 Å². The van der Waals surface area contributed by atoms with Crippen LogP contribution in [0.1, 0.15) is 48.5 Å². The highest BCUT2D eigenvalue weighted by Crippen LogP contribution is 2.32. The van der Waals surface area contributed by atoms with Crippen molar-refractivity contribution < 1.29 is 9.84 Å². The molecule has 0 bridgehead atoms. The van der Waals surface area contributed by atoms with Gasteiger partial charge in [-0.05, 0) is 33.9 Å². The summed E-state index contributed by atoms with van der Waals surface area (Å²) in [5.74, 6) is 1.36. The van der Waals surface area contributed by atoms with Gasteiger partial charge in [0.25, 0.3) is 0 Å².